The van der Waals surface area contributed by atoms with E-state index in [0.29, 0.717) is 17.7 Å². The van der Waals surface area contributed by atoms with E-state index in [9.17, 15) is 9.59 Å². The molecule has 1 N–H and O–H groups in total. The number of aryl methyl sites for hydroxylation is 1. The van der Waals surface area contributed by atoms with Gasteiger partial charge >= 0.3 is 5.97 Å². The Kier molecular flexibility index (Phi) is 16.5. The van der Waals surface area contributed by atoms with Crippen LogP contribution < -0.4 is 5.32 Å². The molecule has 1 aromatic rings. The molecule has 0 saturated carbocycles. The first-order chi connectivity index (χ1) is 15.6. The van der Waals surface area contributed by atoms with Gasteiger partial charge < -0.3 is 10.1 Å². The third kappa shape index (κ3) is 12.9. The van der Waals surface area contributed by atoms with Gasteiger partial charge in [-0.3, -0.25) is 4.79 Å². The summed E-state index contributed by atoms with van der Waals surface area (Å²) < 4.78 is 4.74. The number of amides is 1. The van der Waals surface area contributed by atoms with Gasteiger partial charge in [-0.1, -0.05) is 103 Å². The molecule has 1 rings (SSSR count). The van der Waals surface area contributed by atoms with Crippen molar-refractivity contribution in [1.29, 1.82) is 0 Å². The first kappa shape index (κ1) is 28.2. The Balaban J connectivity index is 1.94. The molecule has 0 aliphatic heterocycles. The van der Waals surface area contributed by atoms with Crippen molar-refractivity contribution in [2.24, 2.45) is 0 Å². The van der Waals surface area contributed by atoms with Gasteiger partial charge in [0.2, 0.25) is 0 Å². The van der Waals surface area contributed by atoms with Crippen LogP contribution in [0.2, 0.25) is 0 Å². The van der Waals surface area contributed by atoms with E-state index in [0.717, 1.165) is 12.0 Å². The normalized spacial score (nSPS) is 10.8. The molecule has 1 amide bonds. The quantitative estimate of drug-likeness (QED) is 0.175. The minimum Gasteiger partial charge on any atom is -0.465 e. The molecule has 0 unspecified atom stereocenters. The van der Waals surface area contributed by atoms with Crippen LogP contribution in [0.15, 0.2) is 18.2 Å². The molecule has 0 heterocycles. The minimum absolute atomic E-state index is 0.0783. The summed E-state index contributed by atoms with van der Waals surface area (Å²) in [4.78, 5) is 23.9. The Labute approximate surface area is 196 Å². The van der Waals surface area contributed by atoms with Gasteiger partial charge in [0.05, 0.1) is 12.7 Å². The van der Waals surface area contributed by atoms with Crippen LogP contribution in [0.4, 0.5) is 0 Å². The third-order valence-corrected chi connectivity index (χ3v) is 6.21. The van der Waals surface area contributed by atoms with Crippen LogP contribution >= 0.6 is 0 Å². The van der Waals surface area contributed by atoms with Crippen LogP contribution in [0, 0.1) is 6.92 Å². The van der Waals surface area contributed by atoms with Gasteiger partial charge in [-0.05, 0) is 37.1 Å². The molecule has 4 heteroatoms. The number of carbonyl (C=O) groups excluding carboxylic acids is 2. The number of carbonyl (C=O) groups is 2. The summed E-state index contributed by atoms with van der Waals surface area (Å²) in [6.07, 6.45) is 21.5. The second kappa shape index (κ2) is 18.7. The Morgan fingerprint density at radius 1 is 0.750 bits per heavy atom. The lowest BCUT2D eigenvalue weighted by atomic mass is 10.0. The van der Waals surface area contributed by atoms with E-state index < -0.39 is 0 Å². The van der Waals surface area contributed by atoms with E-state index in [1.807, 2.05) is 6.92 Å². The second-order valence-corrected chi connectivity index (χ2v) is 9.08. The summed E-state index contributed by atoms with van der Waals surface area (Å²) in [7, 11) is 1.36. The Hall–Kier alpha value is -1.84. The molecule has 0 saturated heterocycles. The maximum absolute atomic E-state index is 12.3. The number of benzene rings is 1. The van der Waals surface area contributed by atoms with Crippen molar-refractivity contribution in [2.75, 3.05) is 13.7 Å². The third-order valence-electron chi connectivity index (χ3n) is 6.21. The van der Waals surface area contributed by atoms with Crippen LogP contribution in [0.25, 0.3) is 0 Å². The van der Waals surface area contributed by atoms with Crippen LogP contribution in [-0.4, -0.2) is 25.5 Å². The molecule has 0 aromatic heterocycles. The van der Waals surface area contributed by atoms with E-state index in [2.05, 4.69) is 12.2 Å². The molecule has 0 radical (unpaired) electrons. The average molecular weight is 446 g/mol. The molecule has 0 atom stereocenters. The number of rotatable bonds is 19. The fraction of sp³-hybridized carbons (Fsp3) is 0.714. The SMILES string of the molecule is CCCCCCCCCCCCCCCCCCNC(=O)c1ccc(C(=O)OC)c(C)c1. The average Bonchev–Trinajstić information content (AvgIpc) is 2.80. The zero-order chi connectivity index (χ0) is 23.4. The van der Waals surface area contributed by atoms with E-state index in [1.165, 1.54) is 103 Å². The summed E-state index contributed by atoms with van der Waals surface area (Å²) in [5.74, 6) is -0.451. The molecule has 0 aliphatic rings. The zero-order valence-electron chi connectivity index (χ0n) is 21.0. The molecule has 0 fully saturated rings. The number of nitrogens with one attached hydrogen (secondary N) is 1. The lowest BCUT2D eigenvalue weighted by molar-refractivity contribution is 0.0599. The first-order valence-electron chi connectivity index (χ1n) is 13.1. The Bertz CT molecular complexity index is 642. The van der Waals surface area contributed by atoms with Gasteiger partial charge in [-0.25, -0.2) is 4.79 Å². The van der Waals surface area contributed by atoms with Crippen molar-refractivity contribution in [1.82, 2.24) is 5.32 Å². The summed E-state index contributed by atoms with van der Waals surface area (Å²) in [6, 6.07) is 5.09. The van der Waals surface area contributed by atoms with Crippen molar-refractivity contribution < 1.29 is 14.3 Å². The Morgan fingerprint density at radius 2 is 1.22 bits per heavy atom. The molecule has 0 aliphatic carbocycles. The van der Waals surface area contributed by atoms with Crippen molar-refractivity contribution in [3.63, 3.8) is 0 Å². The van der Waals surface area contributed by atoms with Crippen molar-refractivity contribution in [2.45, 2.75) is 117 Å². The highest BCUT2D eigenvalue weighted by Crippen LogP contribution is 2.14. The first-order valence-corrected chi connectivity index (χ1v) is 13.1. The number of methoxy groups -OCH3 is 1. The molecule has 32 heavy (non-hydrogen) atoms. The molecule has 0 spiro atoms. The van der Waals surface area contributed by atoms with Crippen molar-refractivity contribution in [3.05, 3.63) is 34.9 Å². The van der Waals surface area contributed by atoms with Crippen LogP contribution in [-0.2, 0) is 4.74 Å². The van der Waals surface area contributed by atoms with Crippen molar-refractivity contribution in [3.8, 4) is 0 Å². The summed E-state index contributed by atoms with van der Waals surface area (Å²) in [6.45, 7) is 4.80. The zero-order valence-corrected chi connectivity index (χ0v) is 21.0. The number of unbranched alkanes of at least 4 members (excludes halogenated alkanes) is 15. The van der Waals surface area contributed by atoms with E-state index in [-0.39, 0.29) is 11.9 Å². The van der Waals surface area contributed by atoms with Gasteiger partial charge in [0.25, 0.3) is 5.91 Å². The largest absolute Gasteiger partial charge is 0.465 e. The number of ether oxygens (including phenoxy) is 1. The second-order valence-electron chi connectivity index (χ2n) is 9.08. The highest BCUT2D eigenvalue weighted by atomic mass is 16.5. The van der Waals surface area contributed by atoms with Gasteiger partial charge in [0.1, 0.15) is 0 Å². The molecule has 4 nitrogen and oxygen atoms in total. The molecule has 182 valence electrons. The lowest BCUT2D eigenvalue weighted by Crippen LogP contribution is -2.24. The van der Waals surface area contributed by atoms with Crippen LogP contribution in [0.1, 0.15) is 136 Å². The Morgan fingerprint density at radius 3 is 1.66 bits per heavy atom. The van der Waals surface area contributed by atoms with Gasteiger partial charge in [-0.2, -0.15) is 0 Å². The fourth-order valence-electron chi connectivity index (χ4n) is 4.12. The highest BCUT2D eigenvalue weighted by molar-refractivity contribution is 5.97. The summed E-state index contributed by atoms with van der Waals surface area (Å²) in [5.41, 5.74) is 1.85. The molecular weight excluding hydrogens is 398 g/mol. The van der Waals surface area contributed by atoms with Gasteiger partial charge in [0, 0.05) is 12.1 Å². The van der Waals surface area contributed by atoms with Gasteiger partial charge in [0.15, 0.2) is 0 Å². The van der Waals surface area contributed by atoms with E-state index in [1.54, 1.807) is 18.2 Å². The highest BCUT2D eigenvalue weighted by Gasteiger charge is 2.12. The standard InChI is InChI=1S/C28H47NO3/c1-4-5-6-7-8-9-10-11-12-13-14-15-16-17-18-19-22-29-27(30)25-20-21-26(24(2)23-25)28(31)32-3/h20-21,23H,4-19,22H2,1-3H3,(H,29,30). The maximum Gasteiger partial charge on any atom is 0.338 e. The molecule has 0 bridgehead atoms. The number of hydrogen-bond acceptors (Lipinski definition) is 3. The van der Waals surface area contributed by atoms with Crippen molar-refractivity contribution >= 4 is 11.9 Å². The topological polar surface area (TPSA) is 55.4 Å². The van der Waals surface area contributed by atoms with E-state index >= 15 is 0 Å². The number of hydrogen-bond donors (Lipinski definition) is 1. The fourth-order valence-corrected chi connectivity index (χ4v) is 4.12. The minimum atomic E-state index is -0.373. The molecular formula is C28H47NO3. The number of esters is 1. The smallest absolute Gasteiger partial charge is 0.338 e. The molecule has 1 aromatic carbocycles. The van der Waals surface area contributed by atoms with Crippen LogP contribution in [0.5, 0.6) is 0 Å². The predicted molar refractivity (Wildman–Crippen MR) is 134 cm³/mol. The summed E-state index contributed by atoms with van der Waals surface area (Å²) >= 11 is 0. The monoisotopic (exact) mass is 445 g/mol. The summed E-state index contributed by atoms with van der Waals surface area (Å²) in [5, 5.41) is 2.98. The lowest BCUT2D eigenvalue weighted by Gasteiger charge is -2.08. The maximum atomic E-state index is 12.3. The van der Waals surface area contributed by atoms with E-state index in [4.69, 9.17) is 4.74 Å². The predicted octanol–water partition coefficient (Wildman–Crippen LogP) is 7.77. The van der Waals surface area contributed by atoms with Gasteiger partial charge in [-0.15, -0.1) is 0 Å². The van der Waals surface area contributed by atoms with Crippen LogP contribution in [0.3, 0.4) is 0 Å².